The second kappa shape index (κ2) is 9.96. The fourth-order valence-corrected chi connectivity index (χ4v) is 3.13. The van der Waals surface area contributed by atoms with Crippen LogP contribution < -0.4 is 14.4 Å². The molecule has 0 unspecified atom stereocenters. The molecule has 1 aromatic heterocycles. The Morgan fingerprint density at radius 2 is 1.93 bits per heavy atom. The third kappa shape index (κ3) is 5.73. The smallest absolute Gasteiger partial charge is 0.246 e. The highest BCUT2D eigenvalue weighted by molar-refractivity contribution is 5.92. The van der Waals surface area contributed by atoms with Gasteiger partial charge in [0.25, 0.3) is 0 Å². The lowest BCUT2D eigenvalue weighted by molar-refractivity contribution is -0.126. The van der Waals surface area contributed by atoms with Gasteiger partial charge in [-0.05, 0) is 41.8 Å². The summed E-state index contributed by atoms with van der Waals surface area (Å²) in [6, 6.07) is 11.6. The molecule has 1 aromatic carbocycles. The molecule has 6 nitrogen and oxygen atoms in total. The highest BCUT2D eigenvalue weighted by atomic mass is 16.5. The van der Waals surface area contributed by atoms with Crippen molar-refractivity contribution in [3.63, 3.8) is 0 Å². The number of benzene rings is 1. The zero-order chi connectivity index (χ0) is 20.6. The standard InChI is InChI=1S/C23H29N3O3/c1-18(2)17-29-20-9-7-19(16-21(20)28-3)8-10-23(27)26-14-12-25(13-15-26)22-6-4-5-11-24-22/h4-11,16,18H,12-15,17H2,1-3H3/b10-8+. The van der Waals surface area contributed by atoms with E-state index in [1.807, 2.05) is 47.4 Å². The van der Waals surface area contributed by atoms with Gasteiger partial charge in [0, 0.05) is 38.5 Å². The average Bonchev–Trinajstić information content (AvgIpc) is 2.77. The van der Waals surface area contributed by atoms with Gasteiger partial charge in [0.15, 0.2) is 11.5 Å². The lowest BCUT2D eigenvalue weighted by atomic mass is 10.1. The molecule has 29 heavy (non-hydrogen) atoms. The Bertz CT molecular complexity index is 829. The predicted molar refractivity (Wildman–Crippen MR) is 115 cm³/mol. The van der Waals surface area contributed by atoms with Crippen LogP contribution in [0.25, 0.3) is 6.08 Å². The molecular weight excluding hydrogens is 366 g/mol. The summed E-state index contributed by atoms with van der Waals surface area (Å²) >= 11 is 0. The second-order valence-corrected chi connectivity index (χ2v) is 7.45. The number of carbonyl (C=O) groups excluding carboxylic acids is 1. The maximum Gasteiger partial charge on any atom is 0.246 e. The maximum absolute atomic E-state index is 12.6. The van der Waals surface area contributed by atoms with Crippen LogP contribution in [0.3, 0.4) is 0 Å². The average molecular weight is 396 g/mol. The van der Waals surface area contributed by atoms with Crippen molar-refractivity contribution < 1.29 is 14.3 Å². The third-order valence-electron chi connectivity index (χ3n) is 4.74. The Labute approximate surface area is 172 Å². The first kappa shape index (κ1) is 20.7. The number of hydrogen-bond acceptors (Lipinski definition) is 5. The Morgan fingerprint density at radius 3 is 2.59 bits per heavy atom. The van der Waals surface area contributed by atoms with Crippen molar-refractivity contribution in [2.45, 2.75) is 13.8 Å². The van der Waals surface area contributed by atoms with Crippen LogP contribution in [0.4, 0.5) is 5.82 Å². The van der Waals surface area contributed by atoms with E-state index in [4.69, 9.17) is 9.47 Å². The Morgan fingerprint density at radius 1 is 1.14 bits per heavy atom. The first-order valence-corrected chi connectivity index (χ1v) is 10.0. The van der Waals surface area contributed by atoms with E-state index >= 15 is 0 Å². The zero-order valence-corrected chi connectivity index (χ0v) is 17.4. The maximum atomic E-state index is 12.6. The molecule has 1 amide bonds. The molecule has 154 valence electrons. The van der Waals surface area contributed by atoms with Crippen LogP contribution in [0.2, 0.25) is 0 Å². The molecule has 0 N–H and O–H groups in total. The summed E-state index contributed by atoms with van der Waals surface area (Å²) in [5, 5.41) is 0. The Hall–Kier alpha value is -3.02. The molecule has 1 aliphatic rings. The summed E-state index contributed by atoms with van der Waals surface area (Å²) in [7, 11) is 1.62. The number of hydrogen-bond donors (Lipinski definition) is 0. The van der Waals surface area contributed by atoms with E-state index in [2.05, 4.69) is 23.7 Å². The summed E-state index contributed by atoms with van der Waals surface area (Å²) in [6.45, 7) is 7.78. The van der Waals surface area contributed by atoms with Crippen LogP contribution >= 0.6 is 0 Å². The fraction of sp³-hybridized carbons (Fsp3) is 0.391. The number of anilines is 1. The lowest BCUT2D eigenvalue weighted by Crippen LogP contribution is -2.48. The number of amides is 1. The normalized spacial score (nSPS) is 14.5. The minimum absolute atomic E-state index is 0.0183. The van der Waals surface area contributed by atoms with Gasteiger partial charge < -0.3 is 19.3 Å². The van der Waals surface area contributed by atoms with Crippen molar-refractivity contribution in [1.29, 1.82) is 0 Å². The number of methoxy groups -OCH3 is 1. The lowest BCUT2D eigenvalue weighted by Gasteiger charge is -2.34. The van der Waals surface area contributed by atoms with Crippen molar-refractivity contribution >= 4 is 17.8 Å². The van der Waals surface area contributed by atoms with Crippen molar-refractivity contribution in [1.82, 2.24) is 9.88 Å². The van der Waals surface area contributed by atoms with E-state index < -0.39 is 0 Å². The van der Waals surface area contributed by atoms with E-state index in [1.165, 1.54) is 0 Å². The Kier molecular flexibility index (Phi) is 7.11. The topological polar surface area (TPSA) is 54.9 Å². The summed E-state index contributed by atoms with van der Waals surface area (Å²) in [6.07, 6.45) is 5.24. The van der Waals surface area contributed by atoms with Gasteiger partial charge in [-0.2, -0.15) is 0 Å². The molecule has 0 saturated carbocycles. The van der Waals surface area contributed by atoms with Crippen LogP contribution in [0.15, 0.2) is 48.7 Å². The van der Waals surface area contributed by atoms with E-state index in [9.17, 15) is 4.79 Å². The SMILES string of the molecule is COc1cc(/C=C/C(=O)N2CCN(c3ccccn3)CC2)ccc1OCC(C)C. The molecule has 0 atom stereocenters. The van der Waals surface area contributed by atoms with Gasteiger partial charge in [0.05, 0.1) is 13.7 Å². The van der Waals surface area contributed by atoms with Gasteiger partial charge in [-0.15, -0.1) is 0 Å². The van der Waals surface area contributed by atoms with Crippen LogP contribution in [0.1, 0.15) is 19.4 Å². The molecule has 6 heteroatoms. The molecule has 1 aliphatic heterocycles. The number of aromatic nitrogens is 1. The molecule has 0 aliphatic carbocycles. The van der Waals surface area contributed by atoms with Gasteiger partial charge >= 0.3 is 0 Å². The second-order valence-electron chi connectivity index (χ2n) is 7.45. The number of nitrogens with zero attached hydrogens (tertiary/aromatic N) is 3. The van der Waals surface area contributed by atoms with Crippen LogP contribution in [-0.4, -0.2) is 55.7 Å². The quantitative estimate of drug-likeness (QED) is 0.672. The minimum Gasteiger partial charge on any atom is -0.493 e. The van der Waals surface area contributed by atoms with E-state index in [0.29, 0.717) is 31.4 Å². The van der Waals surface area contributed by atoms with E-state index in [-0.39, 0.29) is 5.91 Å². The minimum atomic E-state index is 0.0183. The molecule has 1 fully saturated rings. The van der Waals surface area contributed by atoms with Gasteiger partial charge in [-0.3, -0.25) is 4.79 Å². The fourth-order valence-electron chi connectivity index (χ4n) is 3.13. The van der Waals surface area contributed by atoms with Crippen LogP contribution in [0, 0.1) is 5.92 Å². The molecule has 2 heterocycles. The molecule has 1 saturated heterocycles. The Balaban J connectivity index is 1.56. The number of piperazine rings is 1. The van der Waals surface area contributed by atoms with Crippen molar-refractivity contribution in [3.8, 4) is 11.5 Å². The van der Waals surface area contributed by atoms with Gasteiger partial charge in [-0.25, -0.2) is 4.98 Å². The molecule has 2 aromatic rings. The molecule has 0 bridgehead atoms. The highest BCUT2D eigenvalue weighted by Crippen LogP contribution is 2.29. The zero-order valence-electron chi connectivity index (χ0n) is 17.4. The molecule has 3 rings (SSSR count). The number of rotatable bonds is 7. The van der Waals surface area contributed by atoms with Crippen molar-refractivity contribution in [2.75, 3.05) is 44.8 Å². The number of pyridine rings is 1. The van der Waals surface area contributed by atoms with Gasteiger partial charge in [0.2, 0.25) is 5.91 Å². The summed E-state index contributed by atoms with van der Waals surface area (Å²) < 4.78 is 11.2. The molecule has 0 spiro atoms. The number of ether oxygens (including phenoxy) is 2. The van der Waals surface area contributed by atoms with E-state index in [1.54, 1.807) is 19.4 Å². The van der Waals surface area contributed by atoms with Crippen LogP contribution in [-0.2, 0) is 4.79 Å². The van der Waals surface area contributed by atoms with Crippen molar-refractivity contribution in [3.05, 3.63) is 54.2 Å². The molecular formula is C23H29N3O3. The first-order valence-electron chi connectivity index (χ1n) is 10.0. The van der Waals surface area contributed by atoms with E-state index in [0.717, 1.165) is 30.2 Å². The first-order chi connectivity index (χ1) is 14.1. The van der Waals surface area contributed by atoms with Crippen molar-refractivity contribution in [2.24, 2.45) is 5.92 Å². The van der Waals surface area contributed by atoms with Gasteiger partial charge in [-0.1, -0.05) is 26.0 Å². The number of carbonyl (C=O) groups is 1. The monoisotopic (exact) mass is 395 g/mol. The highest BCUT2D eigenvalue weighted by Gasteiger charge is 2.20. The van der Waals surface area contributed by atoms with Crippen LogP contribution in [0.5, 0.6) is 11.5 Å². The third-order valence-corrected chi connectivity index (χ3v) is 4.74. The summed E-state index contributed by atoms with van der Waals surface area (Å²) in [4.78, 5) is 21.0. The summed E-state index contributed by atoms with van der Waals surface area (Å²) in [5.74, 6) is 2.81. The predicted octanol–water partition coefficient (Wildman–Crippen LogP) is 3.49. The molecule has 0 radical (unpaired) electrons. The summed E-state index contributed by atoms with van der Waals surface area (Å²) in [5.41, 5.74) is 0.902. The largest absolute Gasteiger partial charge is 0.493 e. The van der Waals surface area contributed by atoms with Gasteiger partial charge in [0.1, 0.15) is 5.82 Å².